The number of rotatable bonds is 5. The van der Waals surface area contributed by atoms with Gasteiger partial charge < -0.3 is 10.2 Å². The van der Waals surface area contributed by atoms with E-state index in [9.17, 15) is 4.79 Å². The molecule has 2 aliphatic heterocycles. The van der Waals surface area contributed by atoms with Gasteiger partial charge >= 0.3 is 0 Å². The molecule has 3 unspecified atom stereocenters. The monoisotopic (exact) mass is 272 g/mol. The zero-order valence-corrected chi connectivity index (χ0v) is 12.2. The number of amides is 1. The van der Waals surface area contributed by atoms with Crippen LogP contribution in [-0.4, -0.2) is 36.5 Å². The molecular formula is C17H24N2O. The third-order valence-corrected chi connectivity index (χ3v) is 4.80. The first kappa shape index (κ1) is 13.6. The number of aryl methyl sites for hydroxylation is 1. The molecule has 0 saturated carbocycles. The fourth-order valence-corrected chi connectivity index (χ4v) is 3.66. The predicted octanol–water partition coefficient (Wildman–Crippen LogP) is 2.22. The lowest BCUT2D eigenvalue weighted by Gasteiger charge is -2.25. The van der Waals surface area contributed by atoms with Crippen LogP contribution >= 0.6 is 0 Å². The fraction of sp³-hybridized carbons (Fsp3) is 0.588. The molecule has 20 heavy (non-hydrogen) atoms. The summed E-state index contributed by atoms with van der Waals surface area (Å²) in [7, 11) is 1.96. The third kappa shape index (κ3) is 2.88. The Bertz CT molecular complexity index is 459. The second-order valence-corrected chi connectivity index (χ2v) is 6.24. The Morgan fingerprint density at radius 1 is 1.30 bits per heavy atom. The van der Waals surface area contributed by atoms with E-state index in [0.717, 1.165) is 25.8 Å². The number of carbonyl (C=O) groups is 1. The molecule has 1 aromatic carbocycles. The molecule has 3 heteroatoms. The molecule has 3 atom stereocenters. The maximum atomic E-state index is 12.5. The SMILES string of the molecule is CN(CCCc1ccccc1)C(=O)C1CC2CCC1N2. The lowest BCUT2D eigenvalue weighted by atomic mass is 9.88. The Kier molecular flexibility index (Phi) is 4.06. The van der Waals surface area contributed by atoms with Gasteiger partial charge in [0.2, 0.25) is 5.91 Å². The van der Waals surface area contributed by atoms with Crippen LogP contribution < -0.4 is 5.32 Å². The largest absolute Gasteiger partial charge is 0.345 e. The lowest BCUT2D eigenvalue weighted by Crippen LogP contribution is -2.39. The molecule has 2 fully saturated rings. The Morgan fingerprint density at radius 2 is 2.10 bits per heavy atom. The predicted molar refractivity (Wildman–Crippen MR) is 80.5 cm³/mol. The van der Waals surface area contributed by atoms with E-state index in [-0.39, 0.29) is 5.92 Å². The van der Waals surface area contributed by atoms with Crippen LogP contribution in [0.15, 0.2) is 30.3 Å². The average molecular weight is 272 g/mol. The summed E-state index contributed by atoms with van der Waals surface area (Å²) >= 11 is 0. The number of carbonyl (C=O) groups excluding carboxylic acids is 1. The molecule has 3 rings (SSSR count). The van der Waals surface area contributed by atoms with Crippen molar-refractivity contribution in [1.82, 2.24) is 10.2 Å². The first-order valence-corrected chi connectivity index (χ1v) is 7.79. The van der Waals surface area contributed by atoms with E-state index in [4.69, 9.17) is 0 Å². The van der Waals surface area contributed by atoms with Gasteiger partial charge in [0.1, 0.15) is 0 Å². The number of benzene rings is 1. The minimum Gasteiger partial charge on any atom is -0.345 e. The number of nitrogens with zero attached hydrogens (tertiary/aromatic N) is 1. The molecule has 0 radical (unpaired) electrons. The molecule has 2 bridgehead atoms. The number of hydrogen-bond donors (Lipinski definition) is 1. The second kappa shape index (κ2) is 5.96. The average Bonchev–Trinajstić information content (AvgIpc) is 3.10. The molecule has 2 heterocycles. The van der Waals surface area contributed by atoms with Gasteiger partial charge in [-0.25, -0.2) is 0 Å². The molecule has 0 aliphatic carbocycles. The molecule has 2 aliphatic rings. The smallest absolute Gasteiger partial charge is 0.227 e. The standard InChI is InChI=1S/C17H24N2O/c1-19(11-5-8-13-6-3-2-4-7-13)17(20)15-12-14-9-10-16(15)18-14/h2-4,6-7,14-16,18H,5,8-12H2,1H3. The van der Waals surface area contributed by atoms with Crippen molar-refractivity contribution in [2.24, 2.45) is 5.92 Å². The summed E-state index contributed by atoms with van der Waals surface area (Å²) < 4.78 is 0. The quantitative estimate of drug-likeness (QED) is 0.891. The fourth-order valence-electron chi connectivity index (χ4n) is 3.66. The van der Waals surface area contributed by atoms with Gasteiger partial charge in [-0.2, -0.15) is 0 Å². The molecule has 1 amide bonds. The normalized spacial score (nSPS) is 27.8. The van der Waals surface area contributed by atoms with Gasteiger partial charge in [-0.05, 0) is 37.7 Å². The minimum absolute atomic E-state index is 0.232. The first-order valence-electron chi connectivity index (χ1n) is 7.79. The maximum absolute atomic E-state index is 12.5. The van der Waals surface area contributed by atoms with E-state index in [0.29, 0.717) is 18.0 Å². The number of nitrogens with one attached hydrogen (secondary N) is 1. The van der Waals surface area contributed by atoms with Crippen LogP contribution in [0.4, 0.5) is 0 Å². The lowest BCUT2D eigenvalue weighted by molar-refractivity contribution is -0.134. The summed E-state index contributed by atoms with van der Waals surface area (Å²) in [5.41, 5.74) is 1.36. The van der Waals surface area contributed by atoms with E-state index in [1.54, 1.807) is 0 Å². The Labute approximate surface area is 121 Å². The van der Waals surface area contributed by atoms with Crippen LogP contribution in [-0.2, 0) is 11.2 Å². The van der Waals surface area contributed by atoms with E-state index < -0.39 is 0 Å². The van der Waals surface area contributed by atoms with Crippen molar-refractivity contribution in [3.8, 4) is 0 Å². The number of fused-ring (bicyclic) bond motifs is 2. The summed E-state index contributed by atoms with van der Waals surface area (Å²) in [5, 5.41) is 3.55. The summed E-state index contributed by atoms with van der Waals surface area (Å²) in [4.78, 5) is 14.4. The highest BCUT2D eigenvalue weighted by molar-refractivity contribution is 5.80. The third-order valence-electron chi connectivity index (χ3n) is 4.80. The van der Waals surface area contributed by atoms with Crippen LogP contribution in [0, 0.1) is 5.92 Å². The van der Waals surface area contributed by atoms with Crippen molar-refractivity contribution in [2.45, 2.75) is 44.2 Å². The first-order chi connectivity index (χ1) is 9.74. The van der Waals surface area contributed by atoms with E-state index in [1.807, 2.05) is 18.0 Å². The molecule has 1 N–H and O–H groups in total. The van der Waals surface area contributed by atoms with Crippen molar-refractivity contribution in [1.29, 1.82) is 0 Å². The zero-order valence-electron chi connectivity index (χ0n) is 12.2. The van der Waals surface area contributed by atoms with Crippen molar-refractivity contribution in [3.63, 3.8) is 0 Å². The van der Waals surface area contributed by atoms with Gasteiger partial charge in [0, 0.05) is 25.7 Å². The zero-order chi connectivity index (χ0) is 13.9. The molecule has 1 aromatic rings. The van der Waals surface area contributed by atoms with Gasteiger partial charge in [0.25, 0.3) is 0 Å². The second-order valence-electron chi connectivity index (χ2n) is 6.24. The van der Waals surface area contributed by atoms with Crippen LogP contribution in [0.1, 0.15) is 31.2 Å². The van der Waals surface area contributed by atoms with Crippen LogP contribution in [0.25, 0.3) is 0 Å². The molecule has 0 aromatic heterocycles. The van der Waals surface area contributed by atoms with Crippen molar-refractivity contribution in [2.75, 3.05) is 13.6 Å². The van der Waals surface area contributed by atoms with Crippen molar-refractivity contribution in [3.05, 3.63) is 35.9 Å². The van der Waals surface area contributed by atoms with Crippen molar-refractivity contribution >= 4 is 5.91 Å². The molecule has 2 saturated heterocycles. The molecule has 3 nitrogen and oxygen atoms in total. The number of hydrogen-bond acceptors (Lipinski definition) is 2. The van der Waals surface area contributed by atoms with Gasteiger partial charge in [0.05, 0.1) is 5.92 Å². The van der Waals surface area contributed by atoms with E-state index in [2.05, 4.69) is 29.6 Å². The van der Waals surface area contributed by atoms with Gasteiger partial charge in [0.15, 0.2) is 0 Å². The van der Waals surface area contributed by atoms with Gasteiger partial charge in [-0.15, -0.1) is 0 Å². The summed E-state index contributed by atoms with van der Waals surface area (Å²) in [5.74, 6) is 0.577. The maximum Gasteiger partial charge on any atom is 0.227 e. The Hall–Kier alpha value is -1.35. The Balaban J connectivity index is 1.45. The van der Waals surface area contributed by atoms with Gasteiger partial charge in [-0.1, -0.05) is 30.3 Å². The summed E-state index contributed by atoms with van der Waals surface area (Å²) in [6, 6.07) is 11.6. The highest BCUT2D eigenvalue weighted by Gasteiger charge is 2.43. The molecule has 108 valence electrons. The highest BCUT2D eigenvalue weighted by Crippen LogP contribution is 2.34. The summed E-state index contributed by atoms with van der Waals surface area (Å²) in [6.07, 6.45) is 5.57. The minimum atomic E-state index is 0.232. The van der Waals surface area contributed by atoms with Crippen LogP contribution in [0.2, 0.25) is 0 Å². The molecule has 0 spiro atoms. The molecular weight excluding hydrogens is 248 g/mol. The Morgan fingerprint density at radius 3 is 2.75 bits per heavy atom. The summed E-state index contributed by atoms with van der Waals surface area (Å²) in [6.45, 7) is 0.863. The van der Waals surface area contributed by atoms with Crippen LogP contribution in [0.3, 0.4) is 0 Å². The topological polar surface area (TPSA) is 32.3 Å². The van der Waals surface area contributed by atoms with Crippen LogP contribution in [0.5, 0.6) is 0 Å². The van der Waals surface area contributed by atoms with E-state index >= 15 is 0 Å². The van der Waals surface area contributed by atoms with Crippen molar-refractivity contribution < 1.29 is 4.79 Å². The van der Waals surface area contributed by atoms with Gasteiger partial charge in [-0.3, -0.25) is 4.79 Å². The van der Waals surface area contributed by atoms with E-state index in [1.165, 1.54) is 18.4 Å². The highest BCUT2D eigenvalue weighted by atomic mass is 16.2.